The van der Waals surface area contributed by atoms with Crippen LogP contribution in [-0.4, -0.2) is 40.2 Å². The third kappa shape index (κ3) is 4.07. The minimum atomic E-state index is -0.0809. The second kappa shape index (κ2) is 8.86. The molecule has 2 aliphatic heterocycles. The van der Waals surface area contributed by atoms with Crippen LogP contribution in [0.4, 0.5) is 11.6 Å². The highest BCUT2D eigenvalue weighted by Gasteiger charge is 2.29. The molecule has 0 bridgehead atoms. The summed E-state index contributed by atoms with van der Waals surface area (Å²) >= 11 is 6.43. The van der Waals surface area contributed by atoms with E-state index in [4.69, 9.17) is 16.3 Å². The number of ether oxygens (including phenoxy) is 1. The topological polar surface area (TPSA) is 87.6 Å². The van der Waals surface area contributed by atoms with Crippen molar-refractivity contribution in [1.29, 1.82) is 0 Å². The van der Waals surface area contributed by atoms with E-state index in [-0.39, 0.29) is 18.6 Å². The molecule has 0 spiro atoms. The molecule has 3 heterocycles. The van der Waals surface area contributed by atoms with E-state index >= 15 is 0 Å². The van der Waals surface area contributed by atoms with Gasteiger partial charge in [-0.3, -0.25) is 4.79 Å². The Labute approximate surface area is 191 Å². The fraction of sp³-hybridized carbons (Fsp3) is 0.292. The number of hydrogen-bond donors (Lipinski definition) is 2. The number of fused-ring (bicyclic) bond motifs is 1. The van der Waals surface area contributed by atoms with E-state index in [0.29, 0.717) is 28.8 Å². The molecule has 2 aliphatic rings. The Balaban J connectivity index is 1.42. The molecular formula is C24H23ClN4O3. The standard InChI is InChI=1S/C24H23ClN4O3/c25-21-12-26-24(27-18-6-8-32-9-7-18)28-22(21)16-4-5-17-13-29(23(31)20(17)11-16)19-3-1-2-15(10-19)14-30/h1-5,10-12,18,30H,6-9,13-14H2,(H,26,27,28). The van der Waals surface area contributed by atoms with Crippen LogP contribution < -0.4 is 10.2 Å². The first kappa shape index (κ1) is 20.9. The molecule has 1 aromatic heterocycles. The fourth-order valence-electron chi connectivity index (χ4n) is 4.14. The van der Waals surface area contributed by atoms with Gasteiger partial charge in [0.2, 0.25) is 5.95 Å². The lowest BCUT2D eigenvalue weighted by molar-refractivity contribution is 0.0903. The summed E-state index contributed by atoms with van der Waals surface area (Å²) in [5.41, 5.74) is 4.47. The van der Waals surface area contributed by atoms with Crippen molar-refractivity contribution in [2.75, 3.05) is 23.4 Å². The first-order valence-electron chi connectivity index (χ1n) is 10.6. The molecule has 2 aromatic carbocycles. The second-order valence-corrected chi connectivity index (χ2v) is 8.42. The van der Waals surface area contributed by atoms with E-state index in [1.807, 2.05) is 42.5 Å². The Bertz CT molecular complexity index is 1160. The summed E-state index contributed by atoms with van der Waals surface area (Å²) in [6.45, 7) is 1.87. The molecule has 32 heavy (non-hydrogen) atoms. The maximum atomic E-state index is 13.2. The first-order chi connectivity index (χ1) is 15.6. The van der Waals surface area contributed by atoms with Crippen molar-refractivity contribution in [3.63, 3.8) is 0 Å². The number of nitrogens with zero attached hydrogens (tertiary/aromatic N) is 3. The molecule has 3 aromatic rings. The zero-order chi connectivity index (χ0) is 22.1. The number of anilines is 2. The Kier molecular flexibility index (Phi) is 5.78. The lowest BCUT2D eigenvalue weighted by Gasteiger charge is -2.23. The zero-order valence-electron chi connectivity index (χ0n) is 17.4. The number of rotatable bonds is 5. The zero-order valence-corrected chi connectivity index (χ0v) is 18.2. The van der Waals surface area contributed by atoms with Crippen molar-refractivity contribution in [3.8, 4) is 11.3 Å². The Morgan fingerprint density at radius 1 is 1.19 bits per heavy atom. The number of nitrogens with one attached hydrogen (secondary N) is 1. The van der Waals surface area contributed by atoms with Crippen molar-refractivity contribution in [2.24, 2.45) is 0 Å². The Hall–Kier alpha value is -3.00. The number of aromatic nitrogens is 2. The van der Waals surface area contributed by atoms with Crippen LogP contribution in [-0.2, 0) is 17.9 Å². The van der Waals surface area contributed by atoms with E-state index in [1.54, 1.807) is 11.1 Å². The van der Waals surface area contributed by atoms with Crippen LogP contribution in [0.25, 0.3) is 11.3 Å². The number of benzene rings is 2. The summed E-state index contributed by atoms with van der Waals surface area (Å²) in [5.74, 6) is 0.438. The highest BCUT2D eigenvalue weighted by atomic mass is 35.5. The number of carbonyl (C=O) groups excluding carboxylic acids is 1. The molecule has 1 saturated heterocycles. The second-order valence-electron chi connectivity index (χ2n) is 8.01. The summed E-state index contributed by atoms with van der Waals surface area (Å²) in [6.07, 6.45) is 3.40. The van der Waals surface area contributed by atoms with Gasteiger partial charge in [-0.2, -0.15) is 0 Å². The average Bonchev–Trinajstić information content (AvgIpc) is 3.17. The SMILES string of the molecule is O=C1c2cc(-c3nc(NC4CCOCC4)ncc3Cl)ccc2CN1c1cccc(CO)c1. The van der Waals surface area contributed by atoms with Crippen LogP contribution in [0.5, 0.6) is 0 Å². The molecule has 5 rings (SSSR count). The quantitative estimate of drug-likeness (QED) is 0.610. The maximum absolute atomic E-state index is 13.2. The molecule has 2 N–H and O–H groups in total. The van der Waals surface area contributed by atoms with E-state index < -0.39 is 0 Å². The number of carbonyl (C=O) groups is 1. The number of aliphatic hydroxyl groups excluding tert-OH is 1. The van der Waals surface area contributed by atoms with Gasteiger partial charge in [0, 0.05) is 36.1 Å². The van der Waals surface area contributed by atoms with Gasteiger partial charge >= 0.3 is 0 Å². The van der Waals surface area contributed by atoms with Crippen LogP contribution in [0.2, 0.25) is 5.02 Å². The lowest BCUT2D eigenvalue weighted by Crippen LogP contribution is -2.28. The Morgan fingerprint density at radius 2 is 2.03 bits per heavy atom. The molecule has 0 unspecified atom stereocenters. The Morgan fingerprint density at radius 3 is 2.84 bits per heavy atom. The van der Waals surface area contributed by atoms with Crippen LogP contribution in [0.1, 0.15) is 34.3 Å². The highest BCUT2D eigenvalue weighted by molar-refractivity contribution is 6.33. The van der Waals surface area contributed by atoms with Crippen LogP contribution in [0.3, 0.4) is 0 Å². The van der Waals surface area contributed by atoms with Crippen molar-refractivity contribution >= 4 is 29.1 Å². The number of amides is 1. The fourth-order valence-corrected chi connectivity index (χ4v) is 4.34. The van der Waals surface area contributed by atoms with Crippen LogP contribution in [0.15, 0.2) is 48.7 Å². The third-order valence-electron chi connectivity index (χ3n) is 5.89. The smallest absolute Gasteiger partial charge is 0.258 e. The van der Waals surface area contributed by atoms with Crippen molar-refractivity contribution in [2.45, 2.75) is 32.0 Å². The summed E-state index contributed by atoms with van der Waals surface area (Å²) in [4.78, 5) is 23.8. The van der Waals surface area contributed by atoms with Crippen LogP contribution in [0, 0.1) is 0 Å². The predicted molar refractivity (Wildman–Crippen MR) is 123 cm³/mol. The molecule has 164 valence electrons. The highest BCUT2D eigenvalue weighted by Crippen LogP contribution is 2.34. The first-order valence-corrected chi connectivity index (χ1v) is 11.0. The summed E-state index contributed by atoms with van der Waals surface area (Å²) in [6, 6.07) is 13.4. The van der Waals surface area contributed by atoms with Gasteiger partial charge in [-0.05, 0) is 42.2 Å². The molecule has 0 radical (unpaired) electrons. The minimum absolute atomic E-state index is 0.0660. The molecule has 7 nitrogen and oxygen atoms in total. The number of halogens is 1. The molecule has 1 amide bonds. The van der Waals surface area contributed by atoms with Gasteiger partial charge in [0.25, 0.3) is 5.91 Å². The van der Waals surface area contributed by atoms with Crippen LogP contribution >= 0.6 is 11.6 Å². The van der Waals surface area contributed by atoms with E-state index in [9.17, 15) is 9.90 Å². The van der Waals surface area contributed by atoms with Crippen molar-refractivity contribution in [1.82, 2.24) is 9.97 Å². The number of hydrogen-bond acceptors (Lipinski definition) is 6. The maximum Gasteiger partial charge on any atom is 0.258 e. The third-order valence-corrected chi connectivity index (χ3v) is 6.17. The van der Waals surface area contributed by atoms with Gasteiger partial charge in [0.15, 0.2) is 0 Å². The molecule has 0 aliphatic carbocycles. The van der Waals surface area contributed by atoms with E-state index in [2.05, 4.69) is 15.3 Å². The van der Waals surface area contributed by atoms with E-state index in [0.717, 1.165) is 48.4 Å². The summed E-state index contributed by atoms with van der Waals surface area (Å²) < 4.78 is 5.41. The lowest BCUT2D eigenvalue weighted by atomic mass is 10.0. The molecular weight excluding hydrogens is 428 g/mol. The minimum Gasteiger partial charge on any atom is -0.392 e. The molecule has 1 fully saturated rings. The largest absolute Gasteiger partial charge is 0.392 e. The van der Waals surface area contributed by atoms with Gasteiger partial charge in [0.05, 0.1) is 30.1 Å². The summed E-state index contributed by atoms with van der Waals surface area (Å²) in [7, 11) is 0. The monoisotopic (exact) mass is 450 g/mol. The predicted octanol–water partition coefficient (Wildman–Crippen LogP) is 4.04. The van der Waals surface area contributed by atoms with Gasteiger partial charge in [-0.15, -0.1) is 0 Å². The van der Waals surface area contributed by atoms with E-state index in [1.165, 1.54) is 0 Å². The molecule has 0 saturated carbocycles. The molecule has 8 heteroatoms. The van der Waals surface area contributed by atoms with Crippen molar-refractivity contribution in [3.05, 3.63) is 70.4 Å². The number of aliphatic hydroxyl groups is 1. The van der Waals surface area contributed by atoms with Gasteiger partial charge in [-0.1, -0.05) is 35.9 Å². The van der Waals surface area contributed by atoms with Gasteiger partial charge < -0.3 is 20.1 Å². The van der Waals surface area contributed by atoms with Gasteiger partial charge in [0.1, 0.15) is 0 Å². The van der Waals surface area contributed by atoms with Crippen molar-refractivity contribution < 1.29 is 14.6 Å². The normalized spacial score (nSPS) is 16.3. The van der Waals surface area contributed by atoms with Gasteiger partial charge in [-0.25, -0.2) is 9.97 Å². The molecule has 0 atom stereocenters. The summed E-state index contributed by atoms with van der Waals surface area (Å²) in [5, 5.41) is 13.2. The average molecular weight is 451 g/mol.